The first-order valence-electron chi connectivity index (χ1n) is 2.00. The lowest BCUT2D eigenvalue weighted by atomic mass is 10.3. The highest BCUT2D eigenvalue weighted by atomic mass is 32.1. The summed E-state index contributed by atoms with van der Waals surface area (Å²) in [6.07, 6.45) is -0.284. The second-order valence-electron chi connectivity index (χ2n) is 1.48. The van der Waals surface area contributed by atoms with Crippen LogP contribution in [0.25, 0.3) is 0 Å². The van der Waals surface area contributed by atoms with E-state index >= 15 is 0 Å². The van der Waals surface area contributed by atoms with Crippen LogP contribution in [-0.4, -0.2) is 16.5 Å². The van der Waals surface area contributed by atoms with Crippen LogP contribution in [0, 0.1) is 0 Å². The molecule has 0 fully saturated rings. The van der Waals surface area contributed by atoms with Gasteiger partial charge in [-0.1, -0.05) is 6.92 Å². The fourth-order valence-electron chi connectivity index (χ4n) is 0. The summed E-state index contributed by atoms with van der Waals surface area (Å²) in [5, 5.41) is 8.66. The zero-order valence-corrected chi connectivity index (χ0v) is 4.94. The lowest BCUT2D eigenvalue weighted by Gasteiger charge is -2.03. The maximum atomic E-state index is 8.55. The minimum atomic E-state index is -0.284. The molecule has 0 unspecified atom stereocenters. The number of hydrogen-bond acceptors (Lipinski definition) is 2. The fraction of sp³-hybridized carbons (Fsp3) is 1.00. The van der Waals surface area contributed by atoms with Gasteiger partial charge >= 0.3 is 0 Å². The second kappa shape index (κ2) is 2.48. The van der Waals surface area contributed by atoms with Crippen molar-refractivity contribution in [2.45, 2.75) is 25.2 Å². The van der Waals surface area contributed by atoms with Crippen molar-refractivity contribution in [2.75, 3.05) is 0 Å². The zero-order valence-electron chi connectivity index (χ0n) is 4.05. The predicted molar refractivity (Wildman–Crippen MR) is 30.1 cm³/mol. The minimum absolute atomic E-state index is 0.102. The van der Waals surface area contributed by atoms with Gasteiger partial charge < -0.3 is 5.11 Å². The van der Waals surface area contributed by atoms with E-state index in [1.54, 1.807) is 6.92 Å². The zero-order chi connectivity index (χ0) is 5.15. The molecule has 0 bridgehead atoms. The fourth-order valence-corrected chi connectivity index (χ4v) is 0. The van der Waals surface area contributed by atoms with E-state index in [2.05, 4.69) is 12.6 Å². The third kappa shape index (κ3) is 2.54. The Morgan fingerprint density at radius 2 is 1.67 bits per heavy atom. The molecule has 0 aromatic heterocycles. The molecule has 0 aromatic rings. The summed E-state index contributed by atoms with van der Waals surface area (Å²) in [5.74, 6) is 0. The van der Waals surface area contributed by atoms with Gasteiger partial charge in [-0.15, -0.1) is 0 Å². The maximum Gasteiger partial charge on any atom is 0.0625 e. The van der Waals surface area contributed by atoms with E-state index in [1.165, 1.54) is 0 Å². The molecule has 38 valence electrons. The Bertz CT molecular complexity index is 28.5. The van der Waals surface area contributed by atoms with Crippen molar-refractivity contribution in [3.8, 4) is 0 Å². The predicted octanol–water partition coefficient (Wildman–Crippen LogP) is 0.685. The van der Waals surface area contributed by atoms with Crippen LogP contribution in [0.3, 0.4) is 0 Å². The Balaban J connectivity index is 2.99. The number of rotatable bonds is 1. The summed E-state index contributed by atoms with van der Waals surface area (Å²) < 4.78 is 0. The molecular formula is C4H10OS. The number of hydrogen-bond donors (Lipinski definition) is 2. The lowest BCUT2D eigenvalue weighted by Crippen LogP contribution is -2.11. The van der Waals surface area contributed by atoms with Gasteiger partial charge in [-0.05, 0) is 6.92 Å². The average Bonchev–Trinajstić information content (AvgIpc) is 1.36. The normalized spacial score (nSPS) is 20.0. The van der Waals surface area contributed by atoms with Crippen LogP contribution >= 0.6 is 12.6 Å². The van der Waals surface area contributed by atoms with E-state index in [-0.39, 0.29) is 11.4 Å². The molecule has 2 atom stereocenters. The topological polar surface area (TPSA) is 20.2 Å². The average molecular weight is 106 g/mol. The van der Waals surface area contributed by atoms with Crippen LogP contribution in [0.5, 0.6) is 0 Å². The molecule has 0 saturated carbocycles. The third-order valence-corrected chi connectivity index (χ3v) is 1.13. The van der Waals surface area contributed by atoms with Gasteiger partial charge in [-0.3, -0.25) is 0 Å². The molecular weight excluding hydrogens is 96.1 g/mol. The van der Waals surface area contributed by atoms with Gasteiger partial charge in [-0.25, -0.2) is 0 Å². The monoisotopic (exact) mass is 106 g/mol. The lowest BCUT2D eigenvalue weighted by molar-refractivity contribution is 0.197. The van der Waals surface area contributed by atoms with Gasteiger partial charge in [0.2, 0.25) is 0 Å². The van der Waals surface area contributed by atoms with Crippen molar-refractivity contribution in [2.24, 2.45) is 0 Å². The van der Waals surface area contributed by atoms with Crippen molar-refractivity contribution in [1.82, 2.24) is 0 Å². The van der Waals surface area contributed by atoms with Crippen molar-refractivity contribution in [3.05, 3.63) is 0 Å². The van der Waals surface area contributed by atoms with Crippen LogP contribution in [-0.2, 0) is 0 Å². The summed E-state index contributed by atoms with van der Waals surface area (Å²) in [7, 11) is 0. The summed E-state index contributed by atoms with van der Waals surface area (Å²) >= 11 is 3.94. The van der Waals surface area contributed by atoms with Gasteiger partial charge in [0.1, 0.15) is 0 Å². The molecule has 0 aromatic carbocycles. The summed E-state index contributed by atoms with van der Waals surface area (Å²) in [5.41, 5.74) is 0. The first-order valence-corrected chi connectivity index (χ1v) is 2.52. The number of thiol groups is 1. The summed E-state index contributed by atoms with van der Waals surface area (Å²) in [6, 6.07) is 0. The molecule has 0 saturated heterocycles. The van der Waals surface area contributed by atoms with E-state index in [4.69, 9.17) is 5.11 Å². The Kier molecular flexibility index (Phi) is 2.61. The van der Waals surface area contributed by atoms with Gasteiger partial charge in [0.05, 0.1) is 6.10 Å². The quantitative estimate of drug-likeness (QED) is 0.471. The van der Waals surface area contributed by atoms with Crippen LogP contribution in [0.2, 0.25) is 0 Å². The van der Waals surface area contributed by atoms with E-state index in [0.717, 1.165) is 0 Å². The number of aliphatic hydroxyl groups is 1. The molecule has 0 aliphatic carbocycles. The third-order valence-electron chi connectivity index (χ3n) is 0.698. The van der Waals surface area contributed by atoms with Gasteiger partial charge in [0.15, 0.2) is 0 Å². The molecule has 0 aliphatic rings. The minimum Gasteiger partial charge on any atom is -0.392 e. The molecule has 0 spiro atoms. The Hall–Kier alpha value is 0.310. The Morgan fingerprint density at radius 1 is 1.50 bits per heavy atom. The largest absolute Gasteiger partial charge is 0.392 e. The van der Waals surface area contributed by atoms with Crippen molar-refractivity contribution in [1.29, 1.82) is 0 Å². The SMILES string of the molecule is C[C@H](O)[C@@H](C)S. The molecule has 1 nitrogen and oxygen atoms in total. The molecule has 6 heavy (non-hydrogen) atoms. The highest BCUT2D eigenvalue weighted by Gasteiger charge is 1.98. The highest BCUT2D eigenvalue weighted by Crippen LogP contribution is 1.96. The molecule has 2 heteroatoms. The van der Waals surface area contributed by atoms with Gasteiger partial charge in [-0.2, -0.15) is 12.6 Å². The van der Waals surface area contributed by atoms with E-state index in [1.807, 2.05) is 6.92 Å². The first kappa shape index (κ1) is 6.31. The smallest absolute Gasteiger partial charge is 0.0625 e. The summed E-state index contributed by atoms with van der Waals surface area (Å²) in [4.78, 5) is 0. The Morgan fingerprint density at radius 3 is 1.67 bits per heavy atom. The molecule has 0 radical (unpaired) electrons. The van der Waals surface area contributed by atoms with Crippen molar-refractivity contribution in [3.63, 3.8) is 0 Å². The Labute approximate surface area is 43.8 Å². The van der Waals surface area contributed by atoms with Gasteiger partial charge in [0.25, 0.3) is 0 Å². The van der Waals surface area contributed by atoms with Crippen LogP contribution in [0.4, 0.5) is 0 Å². The molecule has 0 amide bonds. The maximum absolute atomic E-state index is 8.55. The molecule has 0 rings (SSSR count). The van der Waals surface area contributed by atoms with Crippen molar-refractivity contribution >= 4 is 12.6 Å². The summed E-state index contributed by atoms with van der Waals surface area (Å²) in [6.45, 7) is 3.57. The standard InChI is InChI=1S/C4H10OS/c1-3(5)4(2)6/h3-6H,1-2H3/t3-,4+/m0/s1. The molecule has 1 N–H and O–H groups in total. The van der Waals surface area contributed by atoms with E-state index in [9.17, 15) is 0 Å². The second-order valence-corrected chi connectivity index (χ2v) is 2.30. The van der Waals surface area contributed by atoms with Gasteiger partial charge in [0, 0.05) is 5.25 Å². The first-order chi connectivity index (χ1) is 2.64. The van der Waals surface area contributed by atoms with E-state index in [0.29, 0.717) is 0 Å². The van der Waals surface area contributed by atoms with Crippen LogP contribution in [0.1, 0.15) is 13.8 Å². The van der Waals surface area contributed by atoms with Crippen LogP contribution < -0.4 is 0 Å². The highest BCUT2D eigenvalue weighted by molar-refractivity contribution is 7.81. The van der Waals surface area contributed by atoms with Crippen molar-refractivity contribution < 1.29 is 5.11 Å². The molecule has 0 aliphatic heterocycles. The van der Waals surface area contributed by atoms with Crippen LogP contribution in [0.15, 0.2) is 0 Å². The molecule has 0 heterocycles. The van der Waals surface area contributed by atoms with E-state index < -0.39 is 0 Å². The number of aliphatic hydroxyl groups excluding tert-OH is 1.